The fraction of sp³-hybridized carbons (Fsp3) is 0.500. The molecule has 2 N–H and O–H groups in total. The van der Waals surface area contributed by atoms with E-state index in [1.165, 1.54) is 0 Å². The van der Waals surface area contributed by atoms with Crippen LogP contribution in [0.1, 0.15) is 37.5 Å². The van der Waals surface area contributed by atoms with Crippen molar-refractivity contribution >= 4 is 5.97 Å². The van der Waals surface area contributed by atoms with E-state index in [1.54, 1.807) is 6.92 Å². The third kappa shape index (κ3) is 3.07. The van der Waals surface area contributed by atoms with E-state index in [1.807, 2.05) is 45.9 Å². The van der Waals surface area contributed by atoms with Crippen molar-refractivity contribution in [2.75, 3.05) is 0 Å². The maximum absolute atomic E-state index is 11.5. The van der Waals surface area contributed by atoms with Crippen LogP contribution in [0.4, 0.5) is 0 Å². The molecule has 0 radical (unpaired) electrons. The molecule has 3 nitrogen and oxygen atoms in total. The van der Waals surface area contributed by atoms with Crippen molar-refractivity contribution in [3.05, 3.63) is 34.9 Å². The van der Waals surface area contributed by atoms with Gasteiger partial charge in [-0.2, -0.15) is 0 Å². The van der Waals surface area contributed by atoms with Gasteiger partial charge < -0.3 is 5.11 Å². The van der Waals surface area contributed by atoms with Crippen molar-refractivity contribution in [1.82, 2.24) is 5.32 Å². The summed E-state index contributed by atoms with van der Waals surface area (Å²) in [5, 5.41) is 12.6. The first-order valence-corrected chi connectivity index (χ1v) is 5.85. The SMILES string of the molecule is Cc1cc(C)cc(C(C)(NC(C)C)C(=O)O)c1. The zero-order chi connectivity index (χ0) is 13.2. The Morgan fingerprint density at radius 3 is 2.06 bits per heavy atom. The third-order valence-corrected chi connectivity index (χ3v) is 2.80. The van der Waals surface area contributed by atoms with Gasteiger partial charge in [0.1, 0.15) is 5.54 Å². The Bertz CT molecular complexity index is 406. The van der Waals surface area contributed by atoms with Crippen molar-refractivity contribution in [2.45, 2.75) is 46.2 Å². The minimum Gasteiger partial charge on any atom is -0.480 e. The smallest absolute Gasteiger partial charge is 0.328 e. The summed E-state index contributed by atoms with van der Waals surface area (Å²) in [4.78, 5) is 11.5. The predicted molar refractivity (Wildman–Crippen MR) is 69.2 cm³/mol. The minimum absolute atomic E-state index is 0.108. The lowest BCUT2D eigenvalue weighted by molar-refractivity contribution is -0.144. The van der Waals surface area contributed by atoms with E-state index in [2.05, 4.69) is 5.32 Å². The maximum Gasteiger partial charge on any atom is 0.328 e. The normalized spacial score (nSPS) is 14.7. The van der Waals surface area contributed by atoms with Crippen LogP contribution in [0, 0.1) is 13.8 Å². The summed E-state index contributed by atoms with van der Waals surface area (Å²) < 4.78 is 0. The fourth-order valence-electron chi connectivity index (χ4n) is 2.11. The molecule has 17 heavy (non-hydrogen) atoms. The van der Waals surface area contributed by atoms with Crippen LogP contribution in [-0.2, 0) is 10.3 Å². The summed E-state index contributed by atoms with van der Waals surface area (Å²) in [6.07, 6.45) is 0. The number of aryl methyl sites for hydroxylation is 2. The quantitative estimate of drug-likeness (QED) is 0.843. The number of benzene rings is 1. The zero-order valence-corrected chi connectivity index (χ0v) is 11.2. The highest BCUT2D eigenvalue weighted by molar-refractivity contribution is 5.80. The van der Waals surface area contributed by atoms with E-state index in [0.717, 1.165) is 16.7 Å². The van der Waals surface area contributed by atoms with Gasteiger partial charge in [0.15, 0.2) is 0 Å². The number of carboxylic acid groups (broad SMARTS) is 1. The second-order valence-corrected chi connectivity index (χ2v) is 5.11. The molecule has 1 rings (SSSR count). The molecule has 0 aliphatic heterocycles. The van der Waals surface area contributed by atoms with Crippen molar-refractivity contribution in [3.63, 3.8) is 0 Å². The second kappa shape index (κ2) is 4.88. The molecule has 0 spiro atoms. The van der Waals surface area contributed by atoms with Crippen LogP contribution < -0.4 is 5.32 Å². The van der Waals surface area contributed by atoms with Crippen LogP contribution in [-0.4, -0.2) is 17.1 Å². The molecule has 1 unspecified atom stereocenters. The van der Waals surface area contributed by atoms with Gasteiger partial charge in [0.25, 0.3) is 0 Å². The summed E-state index contributed by atoms with van der Waals surface area (Å²) >= 11 is 0. The first kappa shape index (κ1) is 13.7. The van der Waals surface area contributed by atoms with Crippen LogP contribution in [0.25, 0.3) is 0 Å². The van der Waals surface area contributed by atoms with Gasteiger partial charge in [-0.05, 0) is 40.2 Å². The highest BCUT2D eigenvalue weighted by Crippen LogP contribution is 2.24. The lowest BCUT2D eigenvalue weighted by Crippen LogP contribution is -2.49. The Kier molecular flexibility index (Phi) is 3.94. The summed E-state index contributed by atoms with van der Waals surface area (Å²) in [5.74, 6) is -0.851. The molecule has 1 atom stereocenters. The van der Waals surface area contributed by atoms with Gasteiger partial charge in [-0.3, -0.25) is 5.32 Å². The Labute approximate surface area is 103 Å². The van der Waals surface area contributed by atoms with E-state index in [9.17, 15) is 9.90 Å². The summed E-state index contributed by atoms with van der Waals surface area (Å²) in [6.45, 7) is 9.57. The molecule has 0 heterocycles. The molecule has 0 amide bonds. The Morgan fingerprint density at radius 2 is 1.71 bits per heavy atom. The van der Waals surface area contributed by atoms with Gasteiger partial charge in [-0.25, -0.2) is 4.79 Å². The molecule has 3 heteroatoms. The standard InChI is InChI=1S/C14H21NO2/c1-9(2)15-14(5,13(16)17)12-7-10(3)6-11(4)8-12/h6-9,15H,1-5H3,(H,16,17). The van der Waals surface area contributed by atoms with Crippen LogP contribution in [0.3, 0.4) is 0 Å². The van der Waals surface area contributed by atoms with E-state index >= 15 is 0 Å². The minimum atomic E-state index is -1.04. The molecule has 0 bridgehead atoms. The van der Waals surface area contributed by atoms with Crippen molar-refractivity contribution in [1.29, 1.82) is 0 Å². The molecule has 0 fully saturated rings. The second-order valence-electron chi connectivity index (χ2n) is 5.11. The average Bonchev–Trinajstić information content (AvgIpc) is 2.14. The van der Waals surface area contributed by atoms with Crippen LogP contribution in [0.2, 0.25) is 0 Å². The summed E-state index contributed by atoms with van der Waals surface area (Å²) in [6, 6.07) is 6.01. The van der Waals surface area contributed by atoms with E-state index < -0.39 is 11.5 Å². The summed E-state index contributed by atoms with van der Waals surface area (Å²) in [7, 11) is 0. The lowest BCUT2D eigenvalue weighted by atomic mass is 9.89. The molecule has 0 saturated heterocycles. The van der Waals surface area contributed by atoms with Gasteiger partial charge >= 0.3 is 5.97 Å². The number of aliphatic carboxylic acids is 1. The summed E-state index contributed by atoms with van der Waals surface area (Å²) in [5.41, 5.74) is 1.93. The van der Waals surface area contributed by atoms with E-state index in [4.69, 9.17) is 0 Å². The number of carboxylic acids is 1. The molecule has 1 aromatic rings. The monoisotopic (exact) mass is 235 g/mol. The fourth-order valence-corrected chi connectivity index (χ4v) is 2.11. The van der Waals surface area contributed by atoms with Gasteiger partial charge in [0, 0.05) is 6.04 Å². The van der Waals surface area contributed by atoms with E-state index in [-0.39, 0.29) is 6.04 Å². The number of hydrogen-bond donors (Lipinski definition) is 2. The van der Waals surface area contributed by atoms with Crippen LogP contribution in [0.5, 0.6) is 0 Å². The number of nitrogens with one attached hydrogen (secondary N) is 1. The van der Waals surface area contributed by atoms with Crippen molar-refractivity contribution in [3.8, 4) is 0 Å². The molecule has 1 aromatic carbocycles. The van der Waals surface area contributed by atoms with E-state index in [0.29, 0.717) is 0 Å². The molecule has 0 aliphatic carbocycles. The predicted octanol–water partition coefficient (Wildman–Crippen LogP) is 2.60. The molecule has 0 aliphatic rings. The maximum atomic E-state index is 11.5. The third-order valence-electron chi connectivity index (χ3n) is 2.80. The van der Waals surface area contributed by atoms with Gasteiger partial charge in [-0.1, -0.05) is 29.3 Å². The van der Waals surface area contributed by atoms with Crippen LogP contribution in [0.15, 0.2) is 18.2 Å². The number of hydrogen-bond acceptors (Lipinski definition) is 2. The Balaban J connectivity index is 3.26. The highest BCUT2D eigenvalue weighted by atomic mass is 16.4. The number of carbonyl (C=O) groups is 1. The van der Waals surface area contributed by atoms with Gasteiger partial charge in [-0.15, -0.1) is 0 Å². The molecular formula is C14H21NO2. The van der Waals surface area contributed by atoms with Crippen molar-refractivity contribution in [2.24, 2.45) is 0 Å². The van der Waals surface area contributed by atoms with Gasteiger partial charge in [0.2, 0.25) is 0 Å². The van der Waals surface area contributed by atoms with Gasteiger partial charge in [0.05, 0.1) is 0 Å². The topological polar surface area (TPSA) is 49.3 Å². The zero-order valence-electron chi connectivity index (χ0n) is 11.2. The molecule has 0 saturated carbocycles. The van der Waals surface area contributed by atoms with Crippen LogP contribution >= 0.6 is 0 Å². The average molecular weight is 235 g/mol. The Hall–Kier alpha value is -1.35. The Morgan fingerprint density at radius 1 is 1.24 bits per heavy atom. The largest absolute Gasteiger partial charge is 0.480 e. The molecule has 0 aromatic heterocycles. The molecular weight excluding hydrogens is 214 g/mol. The first-order chi connectivity index (χ1) is 7.75. The molecule has 94 valence electrons. The first-order valence-electron chi connectivity index (χ1n) is 5.85. The highest BCUT2D eigenvalue weighted by Gasteiger charge is 2.35. The lowest BCUT2D eigenvalue weighted by Gasteiger charge is -2.29. The van der Waals surface area contributed by atoms with Crippen molar-refractivity contribution < 1.29 is 9.90 Å². The number of rotatable bonds is 4.